The van der Waals surface area contributed by atoms with Crippen LogP contribution in [0.2, 0.25) is 0 Å². The number of benzene rings is 2. The Morgan fingerprint density at radius 2 is 1.83 bits per heavy atom. The monoisotopic (exact) mass is 320 g/mol. The highest BCUT2D eigenvalue weighted by atomic mass is 16.6. The van der Waals surface area contributed by atoms with Gasteiger partial charge in [0.05, 0.1) is 7.11 Å². The first-order chi connectivity index (χ1) is 11.6. The van der Waals surface area contributed by atoms with E-state index in [1.807, 2.05) is 24.3 Å². The molecule has 122 valence electrons. The fraction of sp³-hybridized carbons (Fsp3) is 0.286. The van der Waals surface area contributed by atoms with E-state index in [1.165, 1.54) is 18.2 Å². The second-order valence-corrected chi connectivity index (χ2v) is 6.57. The van der Waals surface area contributed by atoms with Crippen molar-refractivity contribution < 1.29 is 14.3 Å². The molecular formula is C21H20O3. The van der Waals surface area contributed by atoms with Crippen molar-refractivity contribution in [3.63, 3.8) is 0 Å². The van der Waals surface area contributed by atoms with Gasteiger partial charge in [-0.25, -0.2) is 4.79 Å². The zero-order valence-corrected chi connectivity index (χ0v) is 13.9. The van der Waals surface area contributed by atoms with Crippen molar-refractivity contribution in [1.29, 1.82) is 0 Å². The van der Waals surface area contributed by atoms with E-state index in [9.17, 15) is 4.79 Å². The van der Waals surface area contributed by atoms with E-state index in [0.717, 1.165) is 12.0 Å². The second-order valence-electron chi connectivity index (χ2n) is 6.57. The number of hydrogen-bond acceptors (Lipinski definition) is 3. The summed E-state index contributed by atoms with van der Waals surface area (Å²) in [5.74, 6) is -0.282. The quantitative estimate of drug-likeness (QED) is 0.636. The summed E-state index contributed by atoms with van der Waals surface area (Å²) in [6.45, 7) is 2.08. The first-order valence-electron chi connectivity index (χ1n) is 8.24. The molecule has 2 aromatic rings. The van der Waals surface area contributed by atoms with Crippen molar-refractivity contribution in [2.75, 3.05) is 7.11 Å². The summed E-state index contributed by atoms with van der Waals surface area (Å²) in [4.78, 5) is 12.3. The summed E-state index contributed by atoms with van der Waals surface area (Å²) in [7, 11) is 1.43. The van der Waals surface area contributed by atoms with E-state index in [0.29, 0.717) is 5.57 Å². The number of aryl methyl sites for hydroxylation is 1. The van der Waals surface area contributed by atoms with Gasteiger partial charge in [0.1, 0.15) is 11.7 Å². The van der Waals surface area contributed by atoms with Gasteiger partial charge in [-0.3, -0.25) is 0 Å². The third-order valence-electron chi connectivity index (χ3n) is 5.12. The topological polar surface area (TPSA) is 38.8 Å². The molecule has 2 aromatic carbocycles. The Kier molecular flexibility index (Phi) is 3.54. The number of fused-ring (bicyclic) bond motifs is 1. The van der Waals surface area contributed by atoms with Crippen molar-refractivity contribution in [1.82, 2.24) is 0 Å². The zero-order valence-electron chi connectivity index (χ0n) is 13.9. The van der Waals surface area contributed by atoms with Gasteiger partial charge in [0, 0.05) is 11.5 Å². The molecule has 1 aliphatic carbocycles. The molecule has 0 unspecified atom stereocenters. The van der Waals surface area contributed by atoms with E-state index in [4.69, 9.17) is 9.47 Å². The molecule has 0 amide bonds. The summed E-state index contributed by atoms with van der Waals surface area (Å²) in [6.07, 6.45) is 2.66. The Balaban J connectivity index is 1.75. The van der Waals surface area contributed by atoms with Crippen LogP contribution in [0.15, 0.2) is 66.2 Å². The minimum absolute atomic E-state index is 0.0151. The number of hydrogen-bond donors (Lipinski definition) is 0. The van der Waals surface area contributed by atoms with Crippen molar-refractivity contribution in [2.24, 2.45) is 0 Å². The van der Waals surface area contributed by atoms with Crippen molar-refractivity contribution in [2.45, 2.75) is 31.0 Å². The standard InChI is InChI=1S/C21H20O3/c1-14-8-10-16(11-9-14)21-13-18(15-6-4-3-5-7-15)17(20(22)23-2)12-19(21)24-21/h3-12,18-19H,13H2,1-2H3/t18-,19-,21-/m0/s1. The molecule has 0 bridgehead atoms. The fourth-order valence-corrected chi connectivity index (χ4v) is 3.71. The zero-order chi connectivity index (χ0) is 16.7. The van der Waals surface area contributed by atoms with Gasteiger partial charge in [0.2, 0.25) is 0 Å². The molecule has 1 heterocycles. The third kappa shape index (κ3) is 2.36. The van der Waals surface area contributed by atoms with Crippen LogP contribution in [-0.4, -0.2) is 19.2 Å². The van der Waals surface area contributed by atoms with E-state index < -0.39 is 0 Å². The Morgan fingerprint density at radius 3 is 2.50 bits per heavy atom. The van der Waals surface area contributed by atoms with Gasteiger partial charge < -0.3 is 9.47 Å². The molecule has 0 radical (unpaired) electrons. The van der Waals surface area contributed by atoms with Crippen LogP contribution in [0, 0.1) is 6.92 Å². The maximum absolute atomic E-state index is 12.3. The van der Waals surface area contributed by atoms with E-state index in [-0.39, 0.29) is 23.6 Å². The summed E-state index contributed by atoms with van der Waals surface area (Å²) in [6, 6.07) is 18.6. The van der Waals surface area contributed by atoms with Crippen molar-refractivity contribution in [3.05, 3.63) is 82.9 Å². The normalized spacial score (nSPS) is 27.8. The van der Waals surface area contributed by atoms with E-state index in [1.54, 1.807) is 0 Å². The van der Waals surface area contributed by atoms with Crippen LogP contribution < -0.4 is 0 Å². The predicted molar refractivity (Wildman–Crippen MR) is 91.6 cm³/mol. The maximum atomic E-state index is 12.3. The van der Waals surface area contributed by atoms with Crippen molar-refractivity contribution in [3.8, 4) is 0 Å². The number of epoxide rings is 1. The lowest BCUT2D eigenvalue weighted by Crippen LogP contribution is -2.26. The van der Waals surface area contributed by atoms with Crippen LogP contribution in [0.1, 0.15) is 29.0 Å². The first-order valence-corrected chi connectivity index (χ1v) is 8.24. The van der Waals surface area contributed by atoms with Crippen LogP contribution in [-0.2, 0) is 19.9 Å². The summed E-state index contributed by atoms with van der Waals surface area (Å²) < 4.78 is 11.1. The molecule has 3 atom stereocenters. The average Bonchev–Trinajstić information content (AvgIpc) is 3.36. The molecule has 1 aliphatic heterocycles. The molecule has 0 saturated carbocycles. The number of esters is 1. The molecule has 4 rings (SSSR count). The lowest BCUT2D eigenvalue weighted by Gasteiger charge is -2.27. The van der Waals surface area contributed by atoms with Gasteiger partial charge in [-0.15, -0.1) is 0 Å². The number of methoxy groups -OCH3 is 1. The minimum atomic E-state index is -0.314. The van der Waals surface area contributed by atoms with Crippen LogP contribution in [0.3, 0.4) is 0 Å². The highest BCUT2D eigenvalue weighted by Crippen LogP contribution is 2.58. The smallest absolute Gasteiger partial charge is 0.334 e. The molecule has 3 nitrogen and oxygen atoms in total. The molecule has 0 aromatic heterocycles. The summed E-state index contributed by atoms with van der Waals surface area (Å²) in [5, 5.41) is 0. The number of rotatable bonds is 3. The SMILES string of the molecule is COC(=O)C1=C[C@@H]2O[C@]2(c2ccc(C)cc2)C[C@H]1c1ccccc1. The fourth-order valence-electron chi connectivity index (χ4n) is 3.71. The molecule has 3 heteroatoms. The number of carbonyl (C=O) groups excluding carboxylic acids is 1. The third-order valence-corrected chi connectivity index (χ3v) is 5.12. The lowest BCUT2D eigenvalue weighted by atomic mass is 9.74. The summed E-state index contributed by atoms with van der Waals surface area (Å²) >= 11 is 0. The van der Waals surface area contributed by atoms with Gasteiger partial charge in [-0.05, 0) is 30.5 Å². The van der Waals surface area contributed by atoms with Crippen molar-refractivity contribution >= 4 is 5.97 Å². The Hall–Kier alpha value is -2.39. The molecular weight excluding hydrogens is 300 g/mol. The summed E-state index contributed by atoms with van der Waals surface area (Å²) in [5.41, 5.74) is 3.92. The largest absolute Gasteiger partial charge is 0.466 e. The van der Waals surface area contributed by atoms with Crippen LogP contribution in [0.5, 0.6) is 0 Å². The van der Waals surface area contributed by atoms with Gasteiger partial charge in [0.15, 0.2) is 0 Å². The van der Waals surface area contributed by atoms with Crippen LogP contribution in [0.4, 0.5) is 0 Å². The van der Waals surface area contributed by atoms with Gasteiger partial charge in [-0.1, -0.05) is 60.2 Å². The van der Waals surface area contributed by atoms with E-state index >= 15 is 0 Å². The van der Waals surface area contributed by atoms with Gasteiger partial charge >= 0.3 is 5.97 Å². The molecule has 24 heavy (non-hydrogen) atoms. The average molecular weight is 320 g/mol. The lowest BCUT2D eigenvalue weighted by molar-refractivity contribution is -0.136. The Bertz CT molecular complexity index is 792. The van der Waals surface area contributed by atoms with Gasteiger partial charge in [-0.2, -0.15) is 0 Å². The molecule has 1 fully saturated rings. The second kappa shape index (κ2) is 5.60. The molecule has 0 N–H and O–H groups in total. The highest BCUT2D eigenvalue weighted by Gasteiger charge is 2.60. The van der Waals surface area contributed by atoms with Gasteiger partial charge in [0.25, 0.3) is 0 Å². The first kappa shape index (κ1) is 15.2. The minimum Gasteiger partial charge on any atom is -0.466 e. The number of carbonyl (C=O) groups is 1. The molecule has 0 spiro atoms. The predicted octanol–water partition coefficient (Wildman–Crippen LogP) is 3.88. The molecule has 2 aliphatic rings. The van der Waals surface area contributed by atoms with E-state index in [2.05, 4.69) is 43.3 Å². The number of ether oxygens (including phenoxy) is 2. The van der Waals surface area contributed by atoms with Crippen LogP contribution in [0.25, 0.3) is 0 Å². The highest BCUT2D eigenvalue weighted by molar-refractivity contribution is 5.91. The Labute approximate surface area is 141 Å². The van der Waals surface area contributed by atoms with Crippen LogP contribution >= 0.6 is 0 Å². The maximum Gasteiger partial charge on any atom is 0.334 e. The molecule has 1 saturated heterocycles. The Morgan fingerprint density at radius 1 is 1.12 bits per heavy atom.